The minimum Gasteiger partial charge on any atom is -0.461 e. The Balaban J connectivity index is 1.72. The van der Waals surface area contributed by atoms with Crippen LogP contribution in [0.5, 0.6) is 0 Å². The van der Waals surface area contributed by atoms with Crippen LogP contribution in [0.25, 0.3) is 11.2 Å². The minimum absolute atomic E-state index is 0.0352. The second kappa shape index (κ2) is 13.3. The van der Waals surface area contributed by atoms with Crippen LogP contribution < -0.4 is 10.8 Å². The number of nitrogen functional groups attached to an aromatic ring is 1. The van der Waals surface area contributed by atoms with E-state index in [1.54, 1.807) is 31.7 Å². The van der Waals surface area contributed by atoms with Crippen LogP contribution in [-0.2, 0) is 46.0 Å². The quantitative estimate of drug-likeness (QED) is 0.212. The lowest BCUT2D eigenvalue weighted by molar-refractivity contribution is -0.155. The molecule has 1 aromatic carbocycles. The summed E-state index contributed by atoms with van der Waals surface area (Å²) in [6.07, 6.45) is 0.344. The van der Waals surface area contributed by atoms with E-state index >= 15 is 0 Å². The fourth-order valence-electron chi connectivity index (χ4n) is 3.68. The number of carbonyl (C=O) groups excluding carboxylic acids is 2. The van der Waals surface area contributed by atoms with Crippen molar-refractivity contribution in [3.05, 3.63) is 48.5 Å². The second-order valence-electron chi connectivity index (χ2n) is 10.1. The number of ether oxygens (including phenoxy) is 3. The first-order valence-corrected chi connectivity index (χ1v) is 14.6. The smallest absolute Gasteiger partial charge is 0.335 e. The zero-order valence-corrected chi connectivity index (χ0v) is 24.5. The molecule has 0 aliphatic heterocycles. The molecule has 0 saturated heterocycles. The summed E-state index contributed by atoms with van der Waals surface area (Å²) in [4.78, 5) is 37.8. The number of rotatable bonds is 14. The standard InChI is InChI=1S/C26H37N6O7P/c1-17(2)38-24(33)19(4)39-40(35,31-26(5,6)25(34)36-13-20-10-8-7-9-11-20)16-37-18(3)12-32-15-30-21-22(27)28-14-29-23(21)32/h7-11,14-15,17-19H,12-13,16H2,1-6H3,(H,31,35)(H2,27,28,29)/t18-,19+,40?/m1/s1. The van der Waals surface area contributed by atoms with Crippen molar-refractivity contribution in [2.75, 3.05) is 12.1 Å². The number of nitrogens with one attached hydrogen (secondary N) is 1. The van der Waals surface area contributed by atoms with Crippen molar-refractivity contribution >= 4 is 36.4 Å². The lowest BCUT2D eigenvalue weighted by Gasteiger charge is -2.31. The number of benzene rings is 1. The molecule has 1 unspecified atom stereocenters. The molecule has 0 aliphatic carbocycles. The van der Waals surface area contributed by atoms with Gasteiger partial charge in [0.2, 0.25) is 0 Å². The van der Waals surface area contributed by atoms with Gasteiger partial charge in [0.25, 0.3) is 7.52 Å². The van der Waals surface area contributed by atoms with Gasteiger partial charge in [-0.2, -0.15) is 0 Å². The summed E-state index contributed by atoms with van der Waals surface area (Å²) in [5.74, 6) is -1.10. The summed E-state index contributed by atoms with van der Waals surface area (Å²) in [6, 6.07) is 9.17. The van der Waals surface area contributed by atoms with E-state index in [1.165, 1.54) is 27.1 Å². The van der Waals surface area contributed by atoms with Gasteiger partial charge in [-0.15, -0.1) is 0 Å². The van der Waals surface area contributed by atoms with Crippen LogP contribution >= 0.6 is 7.52 Å². The first kappa shape index (κ1) is 31.2. The lowest BCUT2D eigenvalue weighted by atomic mass is 10.1. The number of imidazole rings is 1. The monoisotopic (exact) mass is 576 g/mol. The van der Waals surface area contributed by atoms with E-state index in [1.807, 2.05) is 30.3 Å². The highest BCUT2D eigenvalue weighted by Gasteiger charge is 2.40. The molecule has 0 fully saturated rings. The Kier molecular flexibility index (Phi) is 10.4. The zero-order chi connectivity index (χ0) is 29.5. The molecule has 0 spiro atoms. The normalized spacial score (nSPS) is 15.0. The molecule has 13 nitrogen and oxygen atoms in total. The minimum atomic E-state index is -3.99. The fraction of sp³-hybridized carbons (Fsp3) is 0.500. The molecule has 0 radical (unpaired) electrons. The molecule has 2 heterocycles. The van der Waals surface area contributed by atoms with Crippen LogP contribution in [0.1, 0.15) is 47.1 Å². The highest BCUT2D eigenvalue weighted by molar-refractivity contribution is 7.56. The van der Waals surface area contributed by atoms with E-state index < -0.39 is 49.7 Å². The van der Waals surface area contributed by atoms with Gasteiger partial charge in [-0.05, 0) is 47.1 Å². The summed E-state index contributed by atoms with van der Waals surface area (Å²) in [5, 5.41) is 2.77. The first-order valence-electron chi connectivity index (χ1n) is 12.8. The summed E-state index contributed by atoms with van der Waals surface area (Å²) < 4.78 is 38.0. The number of hydrogen-bond donors (Lipinski definition) is 2. The maximum absolute atomic E-state index is 14.0. The van der Waals surface area contributed by atoms with Crippen molar-refractivity contribution in [2.24, 2.45) is 0 Å². The predicted octanol–water partition coefficient (Wildman–Crippen LogP) is 3.43. The molecule has 218 valence electrons. The van der Waals surface area contributed by atoms with Gasteiger partial charge in [0.05, 0.1) is 25.1 Å². The van der Waals surface area contributed by atoms with Gasteiger partial charge in [-0.1, -0.05) is 30.3 Å². The van der Waals surface area contributed by atoms with Crippen molar-refractivity contribution in [3.8, 4) is 0 Å². The van der Waals surface area contributed by atoms with Gasteiger partial charge in [-0.3, -0.25) is 9.36 Å². The lowest BCUT2D eigenvalue weighted by Crippen LogP contribution is -2.47. The molecule has 40 heavy (non-hydrogen) atoms. The number of nitrogens with zero attached hydrogens (tertiary/aromatic N) is 4. The van der Waals surface area contributed by atoms with Crippen molar-refractivity contribution < 1.29 is 32.9 Å². The van der Waals surface area contributed by atoms with Crippen LogP contribution in [0.3, 0.4) is 0 Å². The van der Waals surface area contributed by atoms with Gasteiger partial charge in [0, 0.05) is 0 Å². The number of aromatic nitrogens is 4. The fourth-order valence-corrected chi connectivity index (χ4v) is 5.85. The van der Waals surface area contributed by atoms with Crippen molar-refractivity contribution in [1.29, 1.82) is 0 Å². The molecular formula is C26H37N6O7P. The molecular weight excluding hydrogens is 539 g/mol. The summed E-state index contributed by atoms with van der Waals surface area (Å²) in [6.45, 7) is 9.92. The number of esters is 2. The summed E-state index contributed by atoms with van der Waals surface area (Å²) in [5.41, 5.74) is 6.19. The largest absolute Gasteiger partial charge is 0.461 e. The van der Waals surface area contributed by atoms with Crippen molar-refractivity contribution in [2.45, 2.75) is 78.5 Å². The molecule has 3 aromatic rings. The van der Waals surface area contributed by atoms with Crippen molar-refractivity contribution in [3.63, 3.8) is 0 Å². The molecule has 0 amide bonds. The Morgan fingerprint density at radius 1 is 1.10 bits per heavy atom. The molecule has 0 aliphatic rings. The average molecular weight is 577 g/mol. The van der Waals surface area contributed by atoms with E-state index in [0.717, 1.165) is 5.56 Å². The van der Waals surface area contributed by atoms with E-state index in [-0.39, 0.29) is 12.4 Å². The predicted molar refractivity (Wildman–Crippen MR) is 148 cm³/mol. The van der Waals surface area contributed by atoms with Crippen LogP contribution in [0.2, 0.25) is 0 Å². The molecule has 0 saturated carbocycles. The highest BCUT2D eigenvalue weighted by atomic mass is 31.2. The third kappa shape index (κ3) is 8.56. The average Bonchev–Trinajstić information content (AvgIpc) is 3.29. The third-order valence-electron chi connectivity index (χ3n) is 5.60. The first-order chi connectivity index (χ1) is 18.8. The van der Waals surface area contributed by atoms with Gasteiger partial charge < -0.3 is 29.0 Å². The number of hydrogen-bond acceptors (Lipinski definition) is 11. The zero-order valence-electron chi connectivity index (χ0n) is 23.6. The Hall–Kier alpha value is -3.38. The SMILES string of the molecule is CC(C)OC(=O)[C@H](C)OP(=O)(CO[C@H](C)Cn1cnc2c(N)ncnc21)NC(C)(C)C(=O)OCc1ccccc1. The molecule has 3 N–H and O–H groups in total. The van der Waals surface area contributed by atoms with Crippen LogP contribution in [0.15, 0.2) is 43.0 Å². The maximum atomic E-state index is 14.0. The van der Waals surface area contributed by atoms with E-state index in [0.29, 0.717) is 17.7 Å². The number of fused-ring (bicyclic) bond motifs is 1. The molecule has 2 aromatic heterocycles. The van der Waals surface area contributed by atoms with E-state index in [4.69, 9.17) is 24.5 Å². The van der Waals surface area contributed by atoms with Crippen LogP contribution in [0, 0.1) is 0 Å². The Bertz CT molecular complexity index is 1350. The number of carbonyl (C=O) groups is 2. The Labute approximate surface area is 233 Å². The van der Waals surface area contributed by atoms with Gasteiger partial charge in [-0.25, -0.2) is 24.8 Å². The summed E-state index contributed by atoms with van der Waals surface area (Å²) >= 11 is 0. The topological polar surface area (TPSA) is 170 Å². The second-order valence-corrected chi connectivity index (χ2v) is 12.2. The third-order valence-corrected chi connectivity index (χ3v) is 7.64. The Morgan fingerprint density at radius 3 is 2.48 bits per heavy atom. The summed E-state index contributed by atoms with van der Waals surface area (Å²) in [7, 11) is -3.99. The van der Waals surface area contributed by atoms with Gasteiger partial charge >= 0.3 is 11.9 Å². The van der Waals surface area contributed by atoms with Gasteiger partial charge in [0.15, 0.2) is 17.6 Å². The number of anilines is 1. The molecule has 14 heteroatoms. The van der Waals surface area contributed by atoms with Crippen molar-refractivity contribution in [1.82, 2.24) is 24.6 Å². The molecule has 3 atom stereocenters. The maximum Gasteiger partial charge on any atom is 0.335 e. The van der Waals surface area contributed by atoms with Crippen LogP contribution in [0.4, 0.5) is 5.82 Å². The van der Waals surface area contributed by atoms with Gasteiger partial charge in [0.1, 0.15) is 30.3 Å². The molecule has 0 bridgehead atoms. The molecule has 3 rings (SSSR count). The van der Waals surface area contributed by atoms with E-state index in [2.05, 4.69) is 20.0 Å². The van der Waals surface area contributed by atoms with Crippen LogP contribution in [-0.4, -0.2) is 61.7 Å². The Morgan fingerprint density at radius 2 is 1.80 bits per heavy atom. The number of nitrogens with two attached hydrogens (primary N) is 1. The van der Waals surface area contributed by atoms with E-state index in [9.17, 15) is 14.2 Å². The highest BCUT2D eigenvalue weighted by Crippen LogP contribution is 2.46.